The first-order valence-corrected chi connectivity index (χ1v) is 8.55. The van der Waals surface area contributed by atoms with Gasteiger partial charge in [-0.25, -0.2) is 4.79 Å². The first-order valence-electron chi connectivity index (χ1n) is 8.55. The van der Waals surface area contributed by atoms with Gasteiger partial charge >= 0.3 is 5.97 Å². The molecule has 9 heteroatoms. The SMILES string of the molecule is CC1(c2ccc(OC3CN(CC(N)(CO)CO)C3)c(C(=O)O)c2O)[B]C1. The van der Waals surface area contributed by atoms with Crippen LogP contribution < -0.4 is 10.5 Å². The molecule has 2 heterocycles. The molecule has 1 radical (unpaired) electrons. The third kappa shape index (κ3) is 3.52. The van der Waals surface area contributed by atoms with E-state index in [1.807, 2.05) is 19.1 Å². The number of nitrogens with zero attached hydrogens (tertiary/aromatic N) is 1. The van der Waals surface area contributed by atoms with Gasteiger partial charge in [0.2, 0.25) is 0 Å². The van der Waals surface area contributed by atoms with Crippen LogP contribution >= 0.6 is 0 Å². The standard InChI is InChI=1S/C17H24BN2O6/c1-16(6-18-16)11-2-3-12(13(14(11)23)15(24)25)26-10-4-20(5-10)7-17(19,8-21)9-22/h2-3,10,21-23H,4-9,19H2,1H3,(H,24,25). The van der Waals surface area contributed by atoms with E-state index in [4.69, 9.17) is 10.5 Å². The molecule has 141 valence electrons. The van der Waals surface area contributed by atoms with Crippen LogP contribution in [0, 0.1) is 0 Å². The molecular formula is C17H24BN2O6. The molecule has 1 aromatic carbocycles. The topological polar surface area (TPSA) is 136 Å². The fourth-order valence-corrected chi connectivity index (χ4v) is 3.21. The van der Waals surface area contributed by atoms with Crippen molar-refractivity contribution in [3.05, 3.63) is 23.3 Å². The molecule has 3 rings (SSSR count). The zero-order chi connectivity index (χ0) is 19.1. The zero-order valence-corrected chi connectivity index (χ0v) is 14.7. The molecule has 2 aliphatic heterocycles. The van der Waals surface area contributed by atoms with Crippen LogP contribution in [0.2, 0.25) is 6.32 Å². The van der Waals surface area contributed by atoms with Crippen LogP contribution in [0.4, 0.5) is 0 Å². The highest BCUT2D eigenvalue weighted by molar-refractivity contribution is 6.54. The molecule has 1 aromatic rings. The van der Waals surface area contributed by atoms with Crippen LogP contribution in [0.25, 0.3) is 0 Å². The summed E-state index contributed by atoms with van der Waals surface area (Å²) in [6.45, 7) is 2.57. The van der Waals surface area contributed by atoms with Crippen LogP contribution in [0.5, 0.6) is 11.5 Å². The normalized spacial score (nSPS) is 23.2. The number of phenols is 1. The summed E-state index contributed by atoms with van der Waals surface area (Å²) in [5, 5.41) is 38.1. The number of ether oxygens (including phenoxy) is 1. The highest BCUT2D eigenvalue weighted by Gasteiger charge is 2.43. The minimum absolute atomic E-state index is 0.135. The van der Waals surface area contributed by atoms with Gasteiger partial charge in [0.15, 0.2) is 0 Å². The third-order valence-electron chi connectivity index (χ3n) is 5.17. The highest BCUT2D eigenvalue weighted by atomic mass is 16.5. The number of nitrogens with two attached hydrogens (primary N) is 1. The summed E-state index contributed by atoms with van der Waals surface area (Å²) in [5.74, 6) is -1.35. The van der Waals surface area contributed by atoms with Gasteiger partial charge in [0, 0.05) is 19.6 Å². The van der Waals surface area contributed by atoms with E-state index in [-0.39, 0.29) is 41.7 Å². The van der Waals surface area contributed by atoms with Crippen LogP contribution in [-0.4, -0.2) is 83.1 Å². The summed E-state index contributed by atoms with van der Waals surface area (Å²) in [5.41, 5.74) is 5.15. The van der Waals surface area contributed by atoms with E-state index in [1.165, 1.54) is 0 Å². The molecule has 2 saturated heterocycles. The van der Waals surface area contributed by atoms with Gasteiger partial charge in [-0.15, -0.1) is 0 Å². The first-order chi connectivity index (χ1) is 12.2. The van der Waals surface area contributed by atoms with Crippen LogP contribution in [-0.2, 0) is 5.31 Å². The lowest BCUT2D eigenvalue weighted by Crippen LogP contribution is -2.63. The second-order valence-electron chi connectivity index (χ2n) is 7.58. The molecule has 2 aliphatic rings. The maximum atomic E-state index is 11.6. The minimum Gasteiger partial charge on any atom is -0.507 e. The first kappa shape index (κ1) is 19.0. The van der Waals surface area contributed by atoms with Gasteiger partial charge in [-0.05, 0) is 16.9 Å². The van der Waals surface area contributed by atoms with E-state index in [9.17, 15) is 25.2 Å². The maximum Gasteiger partial charge on any atom is 0.343 e. The Morgan fingerprint density at radius 2 is 2.04 bits per heavy atom. The molecule has 6 N–H and O–H groups in total. The van der Waals surface area contributed by atoms with E-state index >= 15 is 0 Å². The van der Waals surface area contributed by atoms with Gasteiger partial charge in [0.25, 0.3) is 0 Å². The molecule has 0 saturated carbocycles. The predicted molar refractivity (Wildman–Crippen MR) is 94.9 cm³/mol. The lowest BCUT2D eigenvalue weighted by atomic mass is 9.81. The van der Waals surface area contributed by atoms with Crippen molar-refractivity contribution in [2.24, 2.45) is 5.73 Å². The Labute approximate surface area is 152 Å². The molecule has 2 fully saturated rings. The van der Waals surface area contributed by atoms with E-state index in [0.717, 1.165) is 6.32 Å². The van der Waals surface area contributed by atoms with Crippen molar-refractivity contribution < 1.29 is 30.0 Å². The highest BCUT2D eigenvalue weighted by Crippen LogP contribution is 2.47. The summed E-state index contributed by atoms with van der Waals surface area (Å²) in [6.07, 6.45) is 0.552. The van der Waals surface area contributed by atoms with Gasteiger partial charge in [0.1, 0.15) is 30.4 Å². The zero-order valence-electron chi connectivity index (χ0n) is 14.7. The van der Waals surface area contributed by atoms with Crippen molar-refractivity contribution in [3.63, 3.8) is 0 Å². The molecule has 1 atom stereocenters. The van der Waals surface area contributed by atoms with Crippen LogP contribution in [0.3, 0.4) is 0 Å². The van der Waals surface area contributed by atoms with Gasteiger partial charge in [-0.2, -0.15) is 0 Å². The molecular weight excluding hydrogens is 339 g/mol. The summed E-state index contributed by atoms with van der Waals surface area (Å²) in [4.78, 5) is 13.5. The number of rotatable bonds is 8. The molecule has 0 aromatic heterocycles. The minimum atomic E-state index is -1.23. The summed E-state index contributed by atoms with van der Waals surface area (Å²) in [6, 6.07) is 3.30. The van der Waals surface area contributed by atoms with Crippen molar-refractivity contribution in [2.75, 3.05) is 32.8 Å². The Morgan fingerprint density at radius 1 is 1.42 bits per heavy atom. The number of carboxylic acid groups (broad SMARTS) is 1. The summed E-state index contributed by atoms with van der Waals surface area (Å²) >= 11 is 0. The number of aromatic carboxylic acids is 1. The number of aromatic hydroxyl groups is 1. The van der Waals surface area contributed by atoms with Crippen molar-refractivity contribution in [1.29, 1.82) is 0 Å². The summed E-state index contributed by atoms with van der Waals surface area (Å²) < 4.78 is 5.77. The quantitative estimate of drug-likeness (QED) is 0.378. The number of benzene rings is 1. The second-order valence-corrected chi connectivity index (χ2v) is 7.58. The number of aliphatic hydroxyl groups excluding tert-OH is 2. The average molecular weight is 363 g/mol. The van der Waals surface area contributed by atoms with Crippen molar-refractivity contribution in [1.82, 2.24) is 4.90 Å². The maximum absolute atomic E-state index is 11.6. The van der Waals surface area contributed by atoms with Gasteiger partial charge in [-0.3, -0.25) is 4.90 Å². The molecule has 1 unspecified atom stereocenters. The number of aliphatic hydroxyl groups is 2. The smallest absolute Gasteiger partial charge is 0.343 e. The Morgan fingerprint density at radius 3 is 2.54 bits per heavy atom. The number of hydrogen-bond donors (Lipinski definition) is 5. The van der Waals surface area contributed by atoms with E-state index < -0.39 is 11.5 Å². The molecule has 0 spiro atoms. The molecule has 0 amide bonds. The van der Waals surface area contributed by atoms with Gasteiger partial charge in [0.05, 0.1) is 18.8 Å². The van der Waals surface area contributed by atoms with Crippen LogP contribution in [0.15, 0.2) is 12.1 Å². The Hall–Kier alpha value is -1.81. The molecule has 26 heavy (non-hydrogen) atoms. The van der Waals surface area contributed by atoms with Crippen molar-refractivity contribution in [2.45, 2.75) is 30.2 Å². The number of likely N-dealkylation sites (tertiary alicyclic amines) is 1. The number of carboxylic acids is 1. The van der Waals surface area contributed by atoms with Gasteiger partial charge in [-0.1, -0.05) is 19.3 Å². The van der Waals surface area contributed by atoms with Crippen LogP contribution in [0.1, 0.15) is 22.8 Å². The Balaban J connectivity index is 1.68. The van der Waals surface area contributed by atoms with E-state index in [0.29, 0.717) is 25.2 Å². The third-order valence-corrected chi connectivity index (χ3v) is 5.17. The monoisotopic (exact) mass is 363 g/mol. The lowest BCUT2D eigenvalue weighted by Gasteiger charge is -2.43. The number of hydrogen-bond acceptors (Lipinski definition) is 7. The van der Waals surface area contributed by atoms with Gasteiger partial charge < -0.3 is 30.9 Å². The Bertz CT molecular complexity index is 699. The largest absolute Gasteiger partial charge is 0.507 e. The fourth-order valence-electron chi connectivity index (χ4n) is 3.21. The summed E-state index contributed by atoms with van der Waals surface area (Å²) in [7, 11) is 2.01. The van der Waals surface area contributed by atoms with Crippen molar-refractivity contribution >= 4 is 13.2 Å². The number of carbonyl (C=O) groups is 1. The predicted octanol–water partition coefficient (Wildman–Crippen LogP) is -0.813. The van der Waals surface area contributed by atoms with E-state index in [1.54, 1.807) is 12.1 Å². The fraction of sp³-hybridized carbons (Fsp3) is 0.588. The second kappa shape index (κ2) is 6.73. The van der Waals surface area contributed by atoms with E-state index in [2.05, 4.69) is 0 Å². The Kier molecular flexibility index (Phi) is 4.91. The van der Waals surface area contributed by atoms with Crippen molar-refractivity contribution in [3.8, 4) is 11.5 Å². The average Bonchev–Trinajstić information content (AvgIpc) is 3.30. The molecule has 0 bridgehead atoms. The molecule has 8 nitrogen and oxygen atoms in total. The lowest BCUT2D eigenvalue weighted by molar-refractivity contribution is -0.0121. The molecule has 0 aliphatic carbocycles.